The molecule has 3 atom stereocenters. The van der Waals surface area contributed by atoms with Gasteiger partial charge in [-0.3, -0.25) is 24.2 Å². The molecule has 15 heteroatoms. The van der Waals surface area contributed by atoms with Gasteiger partial charge in [-0.15, -0.1) is 0 Å². The van der Waals surface area contributed by atoms with E-state index >= 15 is 0 Å². The molecule has 2 amide bonds. The van der Waals surface area contributed by atoms with E-state index in [9.17, 15) is 27.9 Å². The molecule has 0 unspecified atom stereocenters. The molecule has 0 spiro atoms. The molecule has 11 nitrogen and oxygen atoms in total. The number of aliphatic hydroxyl groups is 1. The first kappa shape index (κ1) is 27.7. The lowest BCUT2D eigenvalue weighted by atomic mass is 10.0. The van der Waals surface area contributed by atoms with Crippen LogP contribution < -0.4 is 10.2 Å². The number of rotatable bonds is 8. The number of amides is 2. The Hall–Kier alpha value is -4.43. The molecule has 216 valence electrons. The Bertz CT molecular complexity index is 1700. The van der Waals surface area contributed by atoms with Crippen LogP contribution in [0.5, 0.6) is 0 Å². The Morgan fingerprint density at radius 2 is 1.98 bits per heavy atom. The molecule has 0 radical (unpaired) electrons. The first-order valence-electron chi connectivity index (χ1n) is 12.9. The fraction of sp³-hybridized carbons (Fsp3) is 0.296. The second-order valence-electron chi connectivity index (χ2n) is 10.0. The summed E-state index contributed by atoms with van der Waals surface area (Å²) in [5.74, 6) is -0.946. The fourth-order valence-electron chi connectivity index (χ4n) is 5.05. The zero-order chi connectivity index (χ0) is 29.7. The Labute approximate surface area is 241 Å². The number of carbonyl (C=O) groups excluding carboxylic acids is 2. The average molecular weight is 599 g/mol. The average Bonchev–Trinajstić information content (AvgIpc) is 3.48. The third kappa shape index (κ3) is 4.96. The number of benzene rings is 1. The van der Waals surface area contributed by atoms with Crippen LogP contribution in [-0.2, 0) is 4.79 Å². The van der Waals surface area contributed by atoms with Gasteiger partial charge in [0.25, 0.3) is 12.3 Å². The van der Waals surface area contributed by atoms with E-state index in [0.29, 0.717) is 29.7 Å². The molecule has 42 heavy (non-hydrogen) atoms. The van der Waals surface area contributed by atoms with E-state index in [-0.39, 0.29) is 40.5 Å². The lowest BCUT2D eigenvalue weighted by Gasteiger charge is -2.20. The number of hydrogen-bond donors (Lipinski definition) is 2. The van der Waals surface area contributed by atoms with Crippen molar-refractivity contribution < 1.29 is 27.9 Å². The maximum absolute atomic E-state index is 14.6. The second-order valence-corrected chi connectivity index (χ2v) is 10.4. The number of carbonyl (C=O) groups is 2. The van der Waals surface area contributed by atoms with Crippen LogP contribution in [0.2, 0.25) is 5.02 Å². The van der Waals surface area contributed by atoms with Crippen LogP contribution >= 0.6 is 11.6 Å². The standard InChI is InChI=1S/C27H22ClF3N8O3/c1-12-17(6-34-27(36-12)38-9-13-4-16(13)26(38)42)21(11-40)39-10-14(5-35-39)37-25(41)20-8-32-19(7-33-20)22-15(24(30)31)2-3-18(28)23(22)29/h2-3,5-8,10,13,16,21,24,40H,4,9,11H2,1H3,(H,37,41)/t13-,16-,21+/m0/s1. The monoisotopic (exact) mass is 598 g/mol. The lowest BCUT2D eigenvalue weighted by Crippen LogP contribution is -2.30. The van der Waals surface area contributed by atoms with Crippen LogP contribution in [0.25, 0.3) is 11.3 Å². The maximum atomic E-state index is 14.6. The molecule has 0 bridgehead atoms. The molecule has 1 saturated carbocycles. The number of aliphatic hydroxyl groups excluding tert-OH is 1. The summed E-state index contributed by atoms with van der Waals surface area (Å²) in [6, 6.07) is 1.35. The number of nitrogens with one attached hydrogen (secondary N) is 1. The first-order chi connectivity index (χ1) is 20.2. The van der Waals surface area contributed by atoms with Gasteiger partial charge in [-0.05, 0) is 25.3 Å². The lowest BCUT2D eigenvalue weighted by molar-refractivity contribution is -0.118. The smallest absolute Gasteiger partial charge is 0.275 e. The van der Waals surface area contributed by atoms with Gasteiger partial charge in [-0.1, -0.05) is 17.7 Å². The Balaban J connectivity index is 1.17. The minimum absolute atomic E-state index is 0.0344. The van der Waals surface area contributed by atoms with Crippen molar-refractivity contribution in [2.75, 3.05) is 23.4 Å². The molecule has 1 aliphatic carbocycles. The van der Waals surface area contributed by atoms with E-state index in [2.05, 4.69) is 30.4 Å². The molecular weight excluding hydrogens is 577 g/mol. The number of alkyl halides is 2. The van der Waals surface area contributed by atoms with Crippen LogP contribution in [0.3, 0.4) is 0 Å². The van der Waals surface area contributed by atoms with Crippen molar-refractivity contribution in [3.05, 3.63) is 76.5 Å². The molecular formula is C27H22ClF3N8O3. The highest BCUT2D eigenvalue weighted by molar-refractivity contribution is 6.31. The van der Waals surface area contributed by atoms with E-state index in [0.717, 1.165) is 30.9 Å². The van der Waals surface area contributed by atoms with Crippen molar-refractivity contribution in [3.8, 4) is 11.3 Å². The number of aromatic nitrogens is 6. The quantitative estimate of drug-likeness (QED) is 0.310. The molecule has 4 aromatic rings. The highest BCUT2D eigenvalue weighted by Crippen LogP contribution is 2.46. The van der Waals surface area contributed by atoms with Crippen molar-refractivity contribution >= 4 is 35.1 Å². The molecule has 4 heterocycles. The Morgan fingerprint density at radius 1 is 1.17 bits per heavy atom. The van der Waals surface area contributed by atoms with Crippen molar-refractivity contribution in [1.29, 1.82) is 0 Å². The van der Waals surface area contributed by atoms with Gasteiger partial charge < -0.3 is 10.4 Å². The number of hydrogen-bond acceptors (Lipinski definition) is 8. The summed E-state index contributed by atoms with van der Waals surface area (Å²) >= 11 is 5.76. The van der Waals surface area contributed by atoms with Gasteiger partial charge in [0.05, 0.1) is 41.6 Å². The number of piperidine rings is 1. The highest BCUT2D eigenvalue weighted by atomic mass is 35.5. The molecule has 1 aliphatic heterocycles. The zero-order valence-electron chi connectivity index (χ0n) is 21.9. The van der Waals surface area contributed by atoms with Crippen LogP contribution in [0.1, 0.15) is 46.2 Å². The molecule has 6 rings (SSSR count). The second kappa shape index (κ2) is 10.8. The van der Waals surface area contributed by atoms with Crippen LogP contribution in [-0.4, -0.2) is 59.8 Å². The van der Waals surface area contributed by atoms with Crippen LogP contribution in [0.15, 0.2) is 43.1 Å². The fourth-order valence-corrected chi connectivity index (χ4v) is 5.21. The van der Waals surface area contributed by atoms with E-state index in [1.54, 1.807) is 18.0 Å². The highest BCUT2D eigenvalue weighted by Gasteiger charge is 2.53. The molecule has 2 aliphatic rings. The Kier molecular flexibility index (Phi) is 7.10. The number of fused-ring (bicyclic) bond motifs is 1. The largest absolute Gasteiger partial charge is 0.394 e. The predicted octanol–water partition coefficient (Wildman–Crippen LogP) is 3.99. The summed E-state index contributed by atoms with van der Waals surface area (Å²) in [7, 11) is 0. The van der Waals surface area contributed by atoms with Gasteiger partial charge in [0, 0.05) is 47.2 Å². The predicted molar refractivity (Wildman–Crippen MR) is 144 cm³/mol. The van der Waals surface area contributed by atoms with E-state index in [1.165, 1.54) is 17.1 Å². The Morgan fingerprint density at radius 3 is 2.62 bits per heavy atom. The zero-order valence-corrected chi connectivity index (χ0v) is 22.6. The third-order valence-corrected chi connectivity index (χ3v) is 7.67. The number of nitrogens with zero attached hydrogens (tertiary/aromatic N) is 7. The van der Waals surface area contributed by atoms with Gasteiger partial charge in [0.15, 0.2) is 5.82 Å². The number of anilines is 2. The maximum Gasteiger partial charge on any atom is 0.275 e. The topological polar surface area (TPSA) is 139 Å². The minimum Gasteiger partial charge on any atom is -0.394 e. The van der Waals surface area contributed by atoms with Crippen LogP contribution in [0, 0.1) is 24.6 Å². The summed E-state index contributed by atoms with van der Waals surface area (Å²) in [6.45, 7) is 2.01. The summed E-state index contributed by atoms with van der Waals surface area (Å²) in [5, 5.41) is 16.6. The van der Waals surface area contributed by atoms with Crippen molar-refractivity contribution in [2.45, 2.75) is 25.8 Å². The normalized spacial score (nSPS) is 18.4. The number of halogens is 4. The van der Waals surface area contributed by atoms with Gasteiger partial charge in [-0.2, -0.15) is 5.10 Å². The molecule has 1 aromatic carbocycles. The number of aryl methyl sites for hydroxylation is 1. The van der Waals surface area contributed by atoms with E-state index < -0.39 is 35.3 Å². The van der Waals surface area contributed by atoms with E-state index in [1.807, 2.05) is 0 Å². The summed E-state index contributed by atoms with van der Waals surface area (Å²) in [5.41, 5.74) is -0.0703. The van der Waals surface area contributed by atoms with Crippen molar-refractivity contribution in [2.24, 2.45) is 11.8 Å². The van der Waals surface area contributed by atoms with Crippen molar-refractivity contribution in [3.63, 3.8) is 0 Å². The third-order valence-electron chi connectivity index (χ3n) is 7.38. The molecule has 2 fully saturated rings. The van der Waals surface area contributed by atoms with Gasteiger partial charge in [0.2, 0.25) is 11.9 Å². The summed E-state index contributed by atoms with van der Waals surface area (Å²) in [4.78, 5) is 43.5. The molecule has 2 N–H and O–H groups in total. The van der Waals surface area contributed by atoms with Gasteiger partial charge in [0.1, 0.15) is 11.7 Å². The minimum atomic E-state index is -2.98. The van der Waals surface area contributed by atoms with Crippen LogP contribution in [0.4, 0.5) is 24.8 Å². The van der Waals surface area contributed by atoms with Crippen molar-refractivity contribution in [1.82, 2.24) is 29.7 Å². The summed E-state index contributed by atoms with van der Waals surface area (Å²) < 4.78 is 42.9. The first-order valence-corrected chi connectivity index (χ1v) is 13.2. The van der Waals surface area contributed by atoms with Gasteiger partial charge in [-0.25, -0.2) is 28.1 Å². The summed E-state index contributed by atoms with van der Waals surface area (Å²) in [6.07, 6.45) is 4.36. The van der Waals surface area contributed by atoms with E-state index in [4.69, 9.17) is 11.6 Å². The SMILES string of the molecule is Cc1nc(N2C[C@@H]3C[C@@H]3C2=O)ncc1[C@@H](CO)n1cc(NC(=O)c2cnc(-c3c(C(F)F)ccc(Cl)c3F)cn2)cn1. The molecule has 1 saturated heterocycles. The molecule has 3 aromatic heterocycles. The van der Waals surface area contributed by atoms with Gasteiger partial charge >= 0.3 is 0 Å².